The highest BCUT2D eigenvalue weighted by atomic mass is 16.5. The maximum absolute atomic E-state index is 10.9. The molecule has 1 aromatic rings. The lowest BCUT2D eigenvalue weighted by Crippen LogP contribution is -2.35. The van der Waals surface area contributed by atoms with Crippen LogP contribution in [0, 0.1) is 5.92 Å². The molecule has 1 aliphatic heterocycles. The molecular formula is C12H19N3O4. The predicted octanol–water partition coefficient (Wildman–Crippen LogP) is 0.897. The molecule has 0 amide bonds. The number of likely N-dealkylation sites (N-methyl/N-ethyl adjacent to an activating group) is 1. The van der Waals surface area contributed by atoms with E-state index in [0.29, 0.717) is 24.9 Å². The van der Waals surface area contributed by atoms with E-state index >= 15 is 0 Å². The highest BCUT2D eigenvalue weighted by molar-refractivity contribution is 5.70. The standard InChI is InChI=1S/C12H19N3O4/c1-7(8(2)12(16)17)11-13-10(14-19-11)9-6-15(3)4-5-18-9/h7-9H,4-6H2,1-3H3,(H,16,17). The first-order valence-corrected chi connectivity index (χ1v) is 6.35. The van der Waals surface area contributed by atoms with Crippen LogP contribution in [0.2, 0.25) is 0 Å². The minimum atomic E-state index is -0.874. The van der Waals surface area contributed by atoms with E-state index in [1.807, 2.05) is 7.05 Å². The Hall–Kier alpha value is -1.47. The fraction of sp³-hybridized carbons (Fsp3) is 0.750. The Labute approximate surface area is 111 Å². The SMILES string of the molecule is CC(C(=O)O)C(C)c1nc(C2CN(C)CCO2)no1. The van der Waals surface area contributed by atoms with Gasteiger partial charge in [-0.25, -0.2) is 0 Å². The molecule has 7 nitrogen and oxygen atoms in total. The second-order valence-corrected chi connectivity index (χ2v) is 5.03. The van der Waals surface area contributed by atoms with Crippen LogP contribution in [0.3, 0.4) is 0 Å². The number of ether oxygens (including phenoxy) is 1. The van der Waals surface area contributed by atoms with Gasteiger partial charge < -0.3 is 19.3 Å². The number of hydrogen-bond donors (Lipinski definition) is 1. The van der Waals surface area contributed by atoms with Gasteiger partial charge in [0.2, 0.25) is 11.7 Å². The number of nitrogens with zero attached hydrogens (tertiary/aromatic N) is 3. The summed E-state index contributed by atoms with van der Waals surface area (Å²) in [5.41, 5.74) is 0. The van der Waals surface area contributed by atoms with Crippen molar-refractivity contribution in [1.82, 2.24) is 15.0 Å². The first-order valence-electron chi connectivity index (χ1n) is 6.35. The van der Waals surface area contributed by atoms with Crippen LogP contribution >= 0.6 is 0 Å². The Morgan fingerprint density at radius 3 is 2.89 bits per heavy atom. The highest BCUT2D eigenvalue weighted by Gasteiger charge is 2.29. The quantitative estimate of drug-likeness (QED) is 0.868. The molecule has 0 bridgehead atoms. The third-order valence-electron chi connectivity index (χ3n) is 3.54. The van der Waals surface area contributed by atoms with E-state index in [-0.39, 0.29) is 12.0 Å². The van der Waals surface area contributed by atoms with Crippen LogP contribution < -0.4 is 0 Å². The van der Waals surface area contributed by atoms with Crippen LogP contribution in [0.15, 0.2) is 4.52 Å². The lowest BCUT2D eigenvalue weighted by molar-refractivity contribution is -0.141. The van der Waals surface area contributed by atoms with E-state index in [9.17, 15) is 4.79 Å². The third kappa shape index (κ3) is 3.10. The van der Waals surface area contributed by atoms with E-state index in [1.165, 1.54) is 0 Å². The van der Waals surface area contributed by atoms with Crippen molar-refractivity contribution in [3.8, 4) is 0 Å². The molecule has 3 atom stereocenters. The summed E-state index contributed by atoms with van der Waals surface area (Å²) in [6.07, 6.45) is -0.205. The summed E-state index contributed by atoms with van der Waals surface area (Å²) in [6, 6.07) is 0. The van der Waals surface area contributed by atoms with Crippen molar-refractivity contribution >= 4 is 5.97 Å². The molecule has 1 fully saturated rings. The van der Waals surface area contributed by atoms with Gasteiger partial charge in [0.25, 0.3) is 0 Å². The van der Waals surface area contributed by atoms with E-state index in [2.05, 4.69) is 15.0 Å². The summed E-state index contributed by atoms with van der Waals surface area (Å²) in [5, 5.41) is 12.9. The molecule has 106 valence electrons. The van der Waals surface area contributed by atoms with Crippen LogP contribution in [-0.4, -0.2) is 52.9 Å². The largest absolute Gasteiger partial charge is 0.481 e. The van der Waals surface area contributed by atoms with Gasteiger partial charge in [-0.15, -0.1) is 0 Å². The summed E-state index contributed by atoms with van der Waals surface area (Å²) in [7, 11) is 2.01. The molecular weight excluding hydrogens is 250 g/mol. The highest BCUT2D eigenvalue weighted by Crippen LogP contribution is 2.25. The number of hydrogen-bond acceptors (Lipinski definition) is 6. The van der Waals surface area contributed by atoms with Gasteiger partial charge in [-0.05, 0) is 7.05 Å². The number of aromatic nitrogens is 2. The van der Waals surface area contributed by atoms with Gasteiger partial charge in [0.1, 0.15) is 6.10 Å². The zero-order valence-corrected chi connectivity index (χ0v) is 11.4. The van der Waals surface area contributed by atoms with Crippen molar-refractivity contribution in [3.05, 3.63) is 11.7 Å². The zero-order chi connectivity index (χ0) is 14.0. The molecule has 2 rings (SSSR count). The first-order chi connectivity index (χ1) is 8.99. The van der Waals surface area contributed by atoms with Crippen molar-refractivity contribution in [2.45, 2.75) is 25.9 Å². The minimum Gasteiger partial charge on any atom is -0.481 e. The zero-order valence-electron chi connectivity index (χ0n) is 11.4. The molecule has 7 heteroatoms. The molecule has 2 heterocycles. The van der Waals surface area contributed by atoms with Gasteiger partial charge in [-0.1, -0.05) is 19.0 Å². The molecule has 0 saturated carbocycles. The van der Waals surface area contributed by atoms with E-state index < -0.39 is 11.9 Å². The Morgan fingerprint density at radius 1 is 1.53 bits per heavy atom. The van der Waals surface area contributed by atoms with Gasteiger partial charge in [-0.2, -0.15) is 4.98 Å². The van der Waals surface area contributed by atoms with Gasteiger partial charge in [-0.3, -0.25) is 4.79 Å². The number of aliphatic carboxylic acids is 1. The van der Waals surface area contributed by atoms with Crippen molar-refractivity contribution in [3.63, 3.8) is 0 Å². The average Bonchev–Trinajstić information content (AvgIpc) is 2.86. The van der Waals surface area contributed by atoms with Gasteiger partial charge in [0, 0.05) is 19.0 Å². The van der Waals surface area contributed by atoms with Crippen LogP contribution in [0.5, 0.6) is 0 Å². The molecule has 19 heavy (non-hydrogen) atoms. The van der Waals surface area contributed by atoms with Crippen molar-refractivity contribution < 1.29 is 19.2 Å². The minimum absolute atomic E-state index is 0.205. The number of carboxylic acid groups (broad SMARTS) is 1. The topological polar surface area (TPSA) is 88.7 Å². The van der Waals surface area contributed by atoms with Crippen molar-refractivity contribution in [2.75, 3.05) is 26.7 Å². The molecule has 1 saturated heterocycles. The number of carbonyl (C=O) groups is 1. The number of rotatable bonds is 4. The molecule has 1 aromatic heterocycles. The summed E-state index contributed by atoms with van der Waals surface area (Å²) in [6.45, 7) is 5.62. The lowest BCUT2D eigenvalue weighted by atomic mass is 9.96. The van der Waals surface area contributed by atoms with Gasteiger partial charge >= 0.3 is 5.97 Å². The molecule has 0 spiro atoms. The summed E-state index contributed by atoms with van der Waals surface area (Å²) >= 11 is 0. The number of carboxylic acids is 1. The Morgan fingerprint density at radius 2 is 2.26 bits per heavy atom. The van der Waals surface area contributed by atoms with E-state index in [1.54, 1.807) is 13.8 Å². The third-order valence-corrected chi connectivity index (χ3v) is 3.54. The Bertz CT molecular complexity index is 448. The molecule has 3 unspecified atom stereocenters. The van der Waals surface area contributed by atoms with Gasteiger partial charge in [0.05, 0.1) is 12.5 Å². The maximum Gasteiger partial charge on any atom is 0.307 e. The lowest BCUT2D eigenvalue weighted by Gasteiger charge is -2.27. The molecule has 1 aliphatic rings. The van der Waals surface area contributed by atoms with Crippen LogP contribution in [0.25, 0.3) is 0 Å². The van der Waals surface area contributed by atoms with Crippen molar-refractivity contribution in [1.29, 1.82) is 0 Å². The predicted molar refractivity (Wildman–Crippen MR) is 65.7 cm³/mol. The van der Waals surface area contributed by atoms with Crippen LogP contribution in [0.4, 0.5) is 0 Å². The normalized spacial score (nSPS) is 24.1. The fourth-order valence-electron chi connectivity index (χ4n) is 1.92. The van der Waals surface area contributed by atoms with Gasteiger partial charge in [0.15, 0.2) is 0 Å². The molecule has 0 radical (unpaired) electrons. The maximum atomic E-state index is 10.9. The van der Waals surface area contributed by atoms with E-state index in [0.717, 1.165) is 6.54 Å². The van der Waals surface area contributed by atoms with Crippen molar-refractivity contribution in [2.24, 2.45) is 5.92 Å². The smallest absolute Gasteiger partial charge is 0.307 e. The van der Waals surface area contributed by atoms with E-state index in [4.69, 9.17) is 14.4 Å². The summed E-state index contributed by atoms with van der Waals surface area (Å²) in [4.78, 5) is 17.4. The molecule has 0 aliphatic carbocycles. The first kappa shape index (κ1) is 14.0. The van der Waals surface area contributed by atoms with Crippen LogP contribution in [0.1, 0.15) is 37.6 Å². The Kier molecular flexibility index (Phi) is 4.16. The summed E-state index contributed by atoms with van der Waals surface area (Å²) < 4.78 is 10.8. The summed E-state index contributed by atoms with van der Waals surface area (Å²) in [5.74, 6) is -0.920. The monoisotopic (exact) mass is 269 g/mol. The fourth-order valence-corrected chi connectivity index (χ4v) is 1.92. The molecule has 0 aromatic carbocycles. The Balaban J connectivity index is 2.08. The van der Waals surface area contributed by atoms with Crippen LogP contribution in [-0.2, 0) is 9.53 Å². The number of morpholine rings is 1. The molecule has 1 N–H and O–H groups in total. The second kappa shape index (κ2) is 5.66. The average molecular weight is 269 g/mol. The second-order valence-electron chi connectivity index (χ2n) is 5.03.